The van der Waals surface area contributed by atoms with Gasteiger partial charge in [-0.3, -0.25) is 9.59 Å². The fourth-order valence-electron chi connectivity index (χ4n) is 1.28. The lowest BCUT2D eigenvalue weighted by molar-refractivity contribution is -0.120. The molecule has 0 radical (unpaired) electrons. The molecule has 1 aromatic rings. The van der Waals surface area contributed by atoms with Gasteiger partial charge < -0.3 is 16.4 Å². The highest BCUT2D eigenvalue weighted by Crippen LogP contribution is 2.09. The molecule has 2 amide bonds. The molecule has 0 aromatic carbocycles. The van der Waals surface area contributed by atoms with Crippen molar-refractivity contribution >= 4 is 35.6 Å². The summed E-state index contributed by atoms with van der Waals surface area (Å²) in [6.07, 6.45) is 0.659. The van der Waals surface area contributed by atoms with Crippen LogP contribution in [-0.2, 0) is 11.2 Å². The molecule has 1 rings (SSSR count). The second-order valence-electron chi connectivity index (χ2n) is 4.07. The summed E-state index contributed by atoms with van der Waals surface area (Å²) < 4.78 is 0. The molecule has 0 fully saturated rings. The lowest BCUT2D eigenvalue weighted by Crippen LogP contribution is -2.39. The van der Waals surface area contributed by atoms with Crippen molar-refractivity contribution in [1.82, 2.24) is 15.6 Å². The zero-order valence-electron chi connectivity index (χ0n) is 10.9. The number of aromatic nitrogens is 1. The molecule has 8 heteroatoms. The molecule has 0 saturated heterocycles. The number of nitrogens with two attached hydrogens (primary N) is 1. The number of halogens is 1. The number of nitrogens with one attached hydrogen (secondary N) is 2. The fraction of sp³-hybridized carbons (Fsp3) is 0.545. The number of hydrogen-bond acceptors (Lipinski definition) is 5. The topological polar surface area (TPSA) is 97.1 Å². The first-order valence-electron chi connectivity index (χ1n) is 5.75. The van der Waals surface area contributed by atoms with Crippen LogP contribution in [0.2, 0.25) is 0 Å². The van der Waals surface area contributed by atoms with Gasteiger partial charge in [-0.1, -0.05) is 0 Å². The van der Waals surface area contributed by atoms with Gasteiger partial charge in [0.25, 0.3) is 5.91 Å². The van der Waals surface area contributed by atoms with Gasteiger partial charge in [0.1, 0.15) is 5.69 Å². The number of nitrogens with zero attached hydrogens (tertiary/aromatic N) is 1. The summed E-state index contributed by atoms with van der Waals surface area (Å²) in [7, 11) is 0. The van der Waals surface area contributed by atoms with Crippen LogP contribution < -0.4 is 16.4 Å². The first-order chi connectivity index (χ1) is 8.52. The van der Waals surface area contributed by atoms with Crippen LogP contribution in [0.25, 0.3) is 0 Å². The monoisotopic (exact) mass is 306 g/mol. The Balaban J connectivity index is 0.00000324. The normalized spacial score (nSPS) is 9.89. The molecule has 0 aliphatic carbocycles. The Morgan fingerprint density at radius 3 is 2.74 bits per heavy atom. The number of amides is 2. The third-order valence-corrected chi connectivity index (χ3v) is 2.91. The van der Waals surface area contributed by atoms with Gasteiger partial charge in [-0.2, -0.15) is 0 Å². The Morgan fingerprint density at radius 2 is 2.16 bits per heavy atom. The minimum absolute atomic E-state index is 0. The number of thiazole rings is 1. The summed E-state index contributed by atoms with van der Waals surface area (Å²) in [6, 6.07) is 0.0600. The van der Waals surface area contributed by atoms with Crippen molar-refractivity contribution in [2.75, 3.05) is 13.1 Å². The predicted octanol–water partition coefficient (Wildman–Crippen LogP) is 0.320. The van der Waals surface area contributed by atoms with Gasteiger partial charge in [-0.15, -0.1) is 23.7 Å². The zero-order chi connectivity index (χ0) is 13.5. The van der Waals surface area contributed by atoms with Crippen molar-refractivity contribution in [1.29, 1.82) is 0 Å². The number of rotatable bonds is 6. The van der Waals surface area contributed by atoms with Gasteiger partial charge in [0.15, 0.2) is 0 Å². The van der Waals surface area contributed by atoms with E-state index in [1.165, 1.54) is 11.3 Å². The maximum atomic E-state index is 11.7. The average molecular weight is 307 g/mol. The minimum atomic E-state index is -0.339. The van der Waals surface area contributed by atoms with Crippen molar-refractivity contribution in [3.8, 4) is 0 Å². The Hall–Kier alpha value is -1.18. The van der Waals surface area contributed by atoms with Crippen LogP contribution in [0, 0.1) is 0 Å². The van der Waals surface area contributed by atoms with E-state index in [-0.39, 0.29) is 36.8 Å². The van der Waals surface area contributed by atoms with E-state index in [0.717, 1.165) is 5.01 Å². The largest absolute Gasteiger partial charge is 0.352 e. The Labute approximate surface area is 122 Å². The summed E-state index contributed by atoms with van der Waals surface area (Å²) in [4.78, 5) is 27.1. The maximum Gasteiger partial charge on any atom is 0.271 e. The predicted molar refractivity (Wildman–Crippen MR) is 77.7 cm³/mol. The highest BCUT2D eigenvalue weighted by Gasteiger charge is 2.12. The molecular weight excluding hydrogens is 288 g/mol. The van der Waals surface area contributed by atoms with Gasteiger partial charge in [0.05, 0.1) is 11.6 Å². The third kappa shape index (κ3) is 6.51. The molecule has 0 atom stereocenters. The van der Waals surface area contributed by atoms with Crippen LogP contribution in [0.15, 0.2) is 5.38 Å². The molecule has 1 aromatic heterocycles. The van der Waals surface area contributed by atoms with Gasteiger partial charge in [-0.05, 0) is 20.4 Å². The SMILES string of the molecule is CC(C)NC(=O)CNC(=O)c1csc(CCN)n1.Cl. The van der Waals surface area contributed by atoms with E-state index in [2.05, 4.69) is 15.6 Å². The van der Waals surface area contributed by atoms with Gasteiger partial charge >= 0.3 is 0 Å². The Bertz CT molecular complexity index is 423. The quantitative estimate of drug-likeness (QED) is 0.705. The van der Waals surface area contributed by atoms with E-state index in [1.807, 2.05) is 13.8 Å². The molecule has 0 saturated carbocycles. The average Bonchev–Trinajstić information content (AvgIpc) is 2.74. The van der Waals surface area contributed by atoms with E-state index in [9.17, 15) is 9.59 Å². The van der Waals surface area contributed by atoms with Crippen LogP contribution in [0.4, 0.5) is 0 Å². The first-order valence-corrected chi connectivity index (χ1v) is 6.63. The molecule has 0 spiro atoms. The molecule has 4 N–H and O–H groups in total. The summed E-state index contributed by atoms with van der Waals surface area (Å²) in [5, 5.41) is 7.70. The molecule has 0 unspecified atom stereocenters. The number of carbonyl (C=O) groups excluding carboxylic acids is 2. The number of hydrogen-bond donors (Lipinski definition) is 3. The smallest absolute Gasteiger partial charge is 0.271 e. The molecular formula is C11H19ClN4O2S. The first kappa shape index (κ1) is 17.8. The second kappa shape index (κ2) is 8.84. The van der Waals surface area contributed by atoms with E-state index in [4.69, 9.17) is 5.73 Å². The van der Waals surface area contributed by atoms with E-state index in [0.29, 0.717) is 18.7 Å². The van der Waals surface area contributed by atoms with Crippen molar-refractivity contribution < 1.29 is 9.59 Å². The second-order valence-corrected chi connectivity index (χ2v) is 5.01. The zero-order valence-corrected chi connectivity index (χ0v) is 12.6. The maximum absolute atomic E-state index is 11.7. The van der Waals surface area contributed by atoms with Crippen molar-refractivity contribution in [3.63, 3.8) is 0 Å². The molecule has 0 bridgehead atoms. The lowest BCUT2D eigenvalue weighted by atomic mass is 10.4. The third-order valence-electron chi connectivity index (χ3n) is 2.00. The Morgan fingerprint density at radius 1 is 1.47 bits per heavy atom. The van der Waals surface area contributed by atoms with Crippen LogP contribution in [0.1, 0.15) is 29.3 Å². The summed E-state index contributed by atoms with van der Waals surface area (Å²) in [5.41, 5.74) is 5.74. The molecule has 0 aliphatic rings. The van der Waals surface area contributed by atoms with E-state index < -0.39 is 0 Å². The lowest BCUT2D eigenvalue weighted by Gasteiger charge is -2.08. The molecule has 19 heavy (non-hydrogen) atoms. The molecule has 0 aliphatic heterocycles. The highest BCUT2D eigenvalue weighted by atomic mass is 35.5. The van der Waals surface area contributed by atoms with E-state index >= 15 is 0 Å². The molecule has 6 nitrogen and oxygen atoms in total. The van der Waals surface area contributed by atoms with E-state index in [1.54, 1.807) is 5.38 Å². The van der Waals surface area contributed by atoms with Crippen LogP contribution in [0.5, 0.6) is 0 Å². The van der Waals surface area contributed by atoms with Crippen molar-refractivity contribution in [3.05, 3.63) is 16.1 Å². The summed E-state index contributed by atoms with van der Waals surface area (Å²) in [5.74, 6) is -0.552. The number of carbonyl (C=O) groups is 2. The standard InChI is InChI=1S/C11H18N4O2S.ClH/c1-7(2)14-9(16)5-13-11(17)8-6-18-10(15-8)3-4-12;/h6-7H,3-5,12H2,1-2H3,(H,13,17)(H,14,16);1H. The van der Waals surface area contributed by atoms with Crippen molar-refractivity contribution in [2.45, 2.75) is 26.3 Å². The fourth-order valence-corrected chi connectivity index (χ4v) is 2.07. The molecule has 1 heterocycles. The van der Waals surface area contributed by atoms with Crippen LogP contribution in [0.3, 0.4) is 0 Å². The van der Waals surface area contributed by atoms with Gasteiger partial charge in [0, 0.05) is 17.8 Å². The highest BCUT2D eigenvalue weighted by molar-refractivity contribution is 7.09. The van der Waals surface area contributed by atoms with Crippen LogP contribution in [-0.4, -0.2) is 35.9 Å². The Kier molecular flexibility index (Phi) is 8.29. The summed E-state index contributed by atoms with van der Waals surface area (Å²) in [6.45, 7) is 4.19. The molecule has 108 valence electrons. The van der Waals surface area contributed by atoms with Crippen molar-refractivity contribution in [2.24, 2.45) is 5.73 Å². The minimum Gasteiger partial charge on any atom is -0.352 e. The van der Waals surface area contributed by atoms with Gasteiger partial charge in [0.2, 0.25) is 5.91 Å². The van der Waals surface area contributed by atoms with Crippen LogP contribution >= 0.6 is 23.7 Å². The van der Waals surface area contributed by atoms with Gasteiger partial charge in [-0.25, -0.2) is 4.98 Å². The summed E-state index contributed by atoms with van der Waals surface area (Å²) >= 11 is 1.39.